The number of phenols is 2. The first-order valence-electron chi connectivity index (χ1n) is 6.62. The molecule has 2 aromatic rings. The Balaban J connectivity index is 2.13. The lowest BCUT2D eigenvalue weighted by Gasteiger charge is -2.06. The van der Waals surface area contributed by atoms with Gasteiger partial charge in [-0.15, -0.1) is 0 Å². The van der Waals surface area contributed by atoms with Gasteiger partial charge in [-0.05, 0) is 42.8 Å². The van der Waals surface area contributed by atoms with Crippen molar-refractivity contribution >= 4 is 23.7 Å². The van der Waals surface area contributed by atoms with Crippen LogP contribution < -0.4 is 10.2 Å². The second-order valence-electron chi connectivity index (χ2n) is 4.75. The minimum Gasteiger partial charge on any atom is -0.507 e. The molecule has 0 radical (unpaired) electrons. The number of rotatable bonds is 4. The van der Waals surface area contributed by atoms with Crippen molar-refractivity contribution in [2.24, 2.45) is 5.10 Å². The van der Waals surface area contributed by atoms with Gasteiger partial charge in [0.2, 0.25) is 0 Å². The number of hydrogen-bond acceptors (Lipinski definition) is 5. The molecule has 0 fully saturated rings. The Morgan fingerprint density at radius 2 is 2.04 bits per heavy atom. The number of aromatic hydroxyl groups is 2. The molecule has 0 aliphatic rings. The smallest absolute Gasteiger partial charge is 0.271 e. The van der Waals surface area contributed by atoms with E-state index in [9.17, 15) is 15.0 Å². The van der Waals surface area contributed by atoms with Gasteiger partial charge in [0.15, 0.2) is 11.5 Å². The molecular formula is C16H15ClN2O4. The van der Waals surface area contributed by atoms with Crippen molar-refractivity contribution in [1.82, 2.24) is 5.43 Å². The van der Waals surface area contributed by atoms with Crippen LogP contribution in [0.15, 0.2) is 35.4 Å². The highest BCUT2D eigenvalue weighted by atomic mass is 35.5. The molecule has 120 valence electrons. The highest BCUT2D eigenvalue weighted by Crippen LogP contribution is 2.26. The predicted octanol–water partition coefficient (Wildman–Crippen LogP) is 2.83. The van der Waals surface area contributed by atoms with Gasteiger partial charge < -0.3 is 14.9 Å². The van der Waals surface area contributed by atoms with Crippen LogP contribution in [0.25, 0.3) is 0 Å². The Morgan fingerprint density at radius 1 is 1.30 bits per heavy atom. The van der Waals surface area contributed by atoms with Crippen LogP contribution in [0.3, 0.4) is 0 Å². The second-order valence-corrected chi connectivity index (χ2v) is 5.18. The maximum Gasteiger partial charge on any atom is 0.271 e. The molecule has 0 bridgehead atoms. The third kappa shape index (κ3) is 3.92. The minimum absolute atomic E-state index is 0.0405. The number of aryl methyl sites for hydroxylation is 1. The minimum atomic E-state index is -0.488. The van der Waals surface area contributed by atoms with Crippen molar-refractivity contribution in [3.8, 4) is 17.2 Å². The molecule has 0 heterocycles. The number of halogens is 1. The lowest BCUT2D eigenvalue weighted by atomic mass is 10.1. The SMILES string of the molecule is COc1cc(C(=O)N/N=C/c2cc(Cl)cc(C)c2O)ccc1O. The van der Waals surface area contributed by atoms with E-state index >= 15 is 0 Å². The number of benzene rings is 2. The number of hydrazone groups is 1. The summed E-state index contributed by atoms with van der Waals surface area (Å²) in [6.45, 7) is 1.71. The van der Waals surface area contributed by atoms with E-state index in [0.29, 0.717) is 16.1 Å². The first-order valence-corrected chi connectivity index (χ1v) is 6.99. The maximum atomic E-state index is 12.0. The first kappa shape index (κ1) is 16.6. The zero-order chi connectivity index (χ0) is 17.0. The average Bonchev–Trinajstić information content (AvgIpc) is 2.52. The predicted molar refractivity (Wildman–Crippen MR) is 87.6 cm³/mol. The van der Waals surface area contributed by atoms with Gasteiger partial charge in [-0.2, -0.15) is 5.10 Å². The molecule has 0 unspecified atom stereocenters. The van der Waals surface area contributed by atoms with Gasteiger partial charge in [-0.1, -0.05) is 11.6 Å². The molecule has 23 heavy (non-hydrogen) atoms. The van der Waals surface area contributed by atoms with Crippen LogP contribution in [-0.4, -0.2) is 29.4 Å². The third-order valence-electron chi connectivity index (χ3n) is 3.11. The molecule has 2 aromatic carbocycles. The van der Waals surface area contributed by atoms with Crippen LogP contribution in [-0.2, 0) is 0 Å². The number of carbonyl (C=O) groups excluding carboxylic acids is 1. The van der Waals surface area contributed by atoms with Crippen LogP contribution in [0.5, 0.6) is 17.2 Å². The fourth-order valence-corrected chi connectivity index (χ4v) is 2.18. The van der Waals surface area contributed by atoms with Gasteiger partial charge in [-0.25, -0.2) is 5.43 Å². The standard InChI is InChI=1S/C16H15ClN2O4/c1-9-5-12(17)6-11(15(9)21)8-18-19-16(22)10-3-4-13(20)14(7-10)23-2/h3-8,20-21H,1-2H3,(H,19,22)/b18-8+. The van der Waals surface area contributed by atoms with Gasteiger partial charge >= 0.3 is 0 Å². The molecule has 0 saturated carbocycles. The van der Waals surface area contributed by atoms with E-state index in [2.05, 4.69) is 10.5 Å². The summed E-state index contributed by atoms with van der Waals surface area (Å²) in [7, 11) is 1.39. The number of methoxy groups -OCH3 is 1. The Labute approximate surface area is 138 Å². The molecule has 0 aliphatic carbocycles. The largest absolute Gasteiger partial charge is 0.507 e. The highest BCUT2D eigenvalue weighted by molar-refractivity contribution is 6.31. The number of nitrogens with zero attached hydrogens (tertiary/aromatic N) is 1. The van der Waals surface area contributed by atoms with Gasteiger partial charge in [0, 0.05) is 16.1 Å². The van der Waals surface area contributed by atoms with Crippen molar-refractivity contribution in [2.45, 2.75) is 6.92 Å². The average molecular weight is 335 g/mol. The number of ether oxygens (including phenoxy) is 1. The number of hydrogen-bond donors (Lipinski definition) is 3. The summed E-state index contributed by atoms with van der Waals surface area (Å²) in [5.74, 6) is -0.326. The molecular weight excluding hydrogens is 320 g/mol. The maximum absolute atomic E-state index is 12.0. The van der Waals surface area contributed by atoms with E-state index in [0.717, 1.165) is 0 Å². The van der Waals surface area contributed by atoms with Crippen molar-refractivity contribution < 1.29 is 19.7 Å². The Kier molecular flexibility index (Phi) is 5.08. The van der Waals surface area contributed by atoms with Crippen molar-refractivity contribution in [3.05, 3.63) is 52.0 Å². The van der Waals surface area contributed by atoms with Crippen molar-refractivity contribution in [2.75, 3.05) is 7.11 Å². The Bertz CT molecular complexity index is 775. The number of phenolic OH excluding ortho intramolecular Hbond substituents is 2. The number of nitrogens with one attached hydrogen (secondary N) is 1. The highest BCUT2D eigenvalue weighted by Gasteiger charge is 2.09. The second kappa shape index (κ2) is 7.02. The molecule has 2 rings (SSSR count). The fraction of sp³-hybridized carbons (Fsp3) is 0.125. The topological polar surface area (TPSA) is 91.2 Å². The molecule has 0 aromatic heterocycles. The molecule has 0 atom stereocenters. The number of amides is 1. The van der Waals surface area contributed by atoms with Crippen LogP contribution in [0.1, 0.15) is 21.5 Å². The Hall–Kier alpha value is -2.73. The molecule has 0 saturated heterocycles. The van der Waals surface area contributed by atoms with Crippen LogP contribution in [0.4, 0.5) is 0 Å². The summed E-state index contributed by atoms with van der Waals surface area (Å²) >= 11 is 5.91. The van der Waals surface area contributed by atoms with E-state index < -0.39 is 5.91 Å². The normalized spacial score (nSPS) is 10.7. The molecule has 3 N–H and O–H groups in total. The van der Waals surface area contributed by atoms with E-state index in [4.69, 9.17) is 16.3 Å². The van der Waals surface area contributed by atoms with E-state index in [-0.39, 0.29) is 22.8 Å². The quantitative estimate of drug-likeness (QED) is 0.592. The number of carbonyl (C=O) groups is 1. The molecule has 1 amide bonds. The first-order chi connectivity index (χ1) is 10.9. The van der Waals surface area contributed by atoms with Gasteiger partial charge in [0.1, 0.15) is 5.75 Å². The monoisotopic (exact) mass is 334 g/mol. The zero-order valence-electron chi connectivity index (χ0n) is 12.5. The fourth-order valence-electron chi connectivity index (χ4n) is 1.90. The summed E-state index contributed by atoms with van der Waals surface area (Å²) in [5, 5.41) is 23.6. The van der Waals surface area contributed by atoms with Crippen LogP contribution in [0.2, 0.25) is 5.02 Å². The molecule has 6 nitrogen and oxygen atoms in total. The molecule has 0 aliphatic heterocycles. The summed E-state index contributed by atoms with van der Waals surface area (Å²) in [4.78, 5) is 12.0. The lowest BCUT2D eigenvalue weighted by Crippen LogP contribution is -2.17. The van der Waals surface area contributed by atoms with Gasteiger partial charge in [-0.3, -0.25) is 4.79 Å². The summed E-state index contributed by atoms with van der Waals surface area (Å²) < 4.78 is 4.94. The summed E-state index contributed by atoms with van der Waals surface area (Å²) in [6, 6.07) is 7.33. The Morgan fingerprint density at radius 3 is 2.74 bits per heavy atom. The van der Waals surface area contributed by atoms with E-state index in [1.807, 2.05) is 0 Å². The van der Waals surface area contributed by atoms with Crippen molar-refractivity contribution in [3.63, 3.8) is 0 Å². The van der Waals surface area contributed by atoms with Gasteiger partial charge in [0.05, 0.1) is 13.3 Å². The van der Waals surface area contributed by atoms with Crippen LogP contribution in [0, 0.1) is 6.92 Å². The summed E-state index contributed by atoms with van der Waals surface area (Å²) in [5.41, 5.74) is 3.58. The zero-order valence-corrected chi connectivity index (χ0v) is 13.3. The van der Waals surface area contributed by atoms with Gasteiger partial charge in [0.25, 0.3) is 5.91 Å². The molecule has 0 spiro atoms. The van der Waals surface area contributed by atoms with Crippen molar-refractivity contribution in [1.29, 1.82) is 0 Å². The molecule has 7 heteroatoms. The third-order valence-corrected chi connectivity index (χ3v) is 3.32. The lowest BCUT2D eigenvalue weighted by molar-refractivity contribution is 0.0954. The van der Waals surface area contributed by atoms with Crippen LogP contribution >= 0.6 is 11.6 Å². The van der Waals surface area contributed by atoms with E-state index in [1.54, 1.807) is 13.0 Å². The van der Waals surface area contributed by atoms with E-state index in [1.165, 1.54) is 37.6 Å². The summed E-state index contributed by atoms with van der Waals surface area (Å²) in [6.07, 6.45) is 1.30.